The van der Waals surface area contributed by atoms with Crippen LogP contribution >= 0.6 is 0 Å². The summed E-state index contributed by atoms with van der Waals surface area (Å²) >= 11 is 0. The summed E-state index contributed by atoms with van der Waals surface area (Å²) < 4.78 is 13.3. The smallest absolute Gasteiger partial charge is 0.109 e. The molecular formula is C20H33FN6. The quantitative estimate of drug-likeness (QED) is 0.418. The molecule has 6 nitrogen and oxygen atoms in total. The number of likely N-dealkylation sites (N-methyl/N-ethyl adjacent to an activating group) is 1. The van der Waals surface area contributed by atoms with E-state index in [0.29, 0.717) is 0 Å². The van der Waals surface area contributed by atoms with Gasteiger partial charge >= 0.3 is 0 Å². The zero-order valence-electron chi connectivity index (χ0n) is 16.9. The molecule has 2 heterocycles. The minimum atomic E-state index is -0.406. The van der Waals surface area contributed by atoms with Crippen LogP contribution in [0.2, 0.25) is 0 Å². The number of halogens is 1. The summed E-state index contributed by atoms with van der Waals surface area (Å²) in [6.07, 6.45) is 12.2. The number of alkyl halides is 1. The molecule has 0 amide bonds. The molecule has 2 aliphatic heterocycles. The van der Waals surface area contributed by atoms with Gasteiger partial charge in [-0.3, -0.25) is 9.89 Å². The Morgan fingerprint density at radius 3 is 2.93 bits per heavy atom. The van der Waals surface area contributed by atoms with Gasteiger partial charge in [0.05, 0.1) is 12.1 Å². The van der Waals surface area contributed by atoms with Crippen LogP contribution < -0.4 is 16.1 Å². The number of hydrogen-bond donors (Lipinski definition) is 3. The van der Waals surface area contributed by atoms with Gasteiger partial charge in [0.1, 0.15) is 6.67 Å². The Hall–Kier alpha value is -1.96. The highest BCUT2D eigenvalue weighted by Gasteiger charge is 2.28. The minimum Gasteiger partial charge on any atom is -0.394 e. The third-order valence-electron chi connectivity index (χ3n) is 4.77. The lowest BCUT2D eigenvalue weighted by Crippen LogP contribution is -2.49. The highest BCUT2D eigenvalue weighted by Crippen LogP contribution is 2.20. The van der Waals surface area contributed by atoms with Crippen LogP contribution in [0.1, 0.15) is 6.92 Å². The number of hydrazine groups is 1. The predicted molar refractivity (Wildman–Crippen MR) is 111 cm³/mol. The van der Waals surface area contributed by atoms with E-state index in [9.17, 15) is 4.39 Å². The summed E-state index contributed by atoms with van der Waals surface area (Å²) in [5.74, 6) is 0. The van der Waals surface area contributed by atoms with Crippen LogP contribution in [0.4, 0.5) is 4.39 Å². The summed E-state index contributed by atoms with van der Waals surface area (Å²) in [5, 5.41) is 8.33. The second-order valence-corrected chi connectivity index (χ2v) is 6.86. The molecule has 0 spiro atoms. The number of aliphatic imine (C=N–C) groups is 1. The Balaban J connectivity index is 1.99. The Bertz CT molecular complexity index is 618. The summed E-state index contributed by atoms with van der Waals surface area (Å²) in [6.45, 7) is 5.15. The SMILES string of the molecule is CN=C/C=C\C(C)=C\C1C=C2CN(C/C(=C/NC)C(CF)NC)CCN2N1. The number of rotatable bonds is 9. The van der Waals surface area contributed by atoms with E-state index in [2.05, 4.69) is 56.1 Å². The molecule has 1 saturated heterocycles. The third kappa shape index (κ3) is 6.30. The van der Waals surface area contributed by atoms with Gasteiger partial charge in [0, 0.05) is 52.2 Å². The van der Waals surface area contributed by atoms with Gasteiger partial charge in [-0.25, -0.2) is 9.82 Å². The molecule has 0 aromatic rings. The molecule has 0 saturated carbocycles. The van der Waals surface area contributed by atoms with Crippen molar-refractivity contribution in [3.8, 4) is 0 Å². The molecular weight excluding hydrogens is 343 g/mol. The van der Waals surface area contributed by atoms with E-state index in [1.165, 1.54) is 11.3 Å². The fraction of sp³-hybridized carbons (Fsp3) is 0.550. The molecule has 1 fully saturated rings. The lowest BCUT2D eigenvalue weighted by molar-refractivity contribution is 0.153. The van der Waals surface area contributed by atoms with Gasteiger partial charge in [-0.15, -0.1) is 0 Å². The van der Waals surface area contributed by atoms with E-state index in [1.807, 2.05) is 19.3 Å². The molecule has 2 rings (SSSR count). The molecule has 27 heavy (non-hydrogen) atoms. The van der Waals surface area contributed by atoms with Crippen molar-refractivity contribution in [2.75, 3.05) is 54.0 Å². The van der Waals surface area contributed by atoms with Crippen molar-refractivity contribution in [3.63, 3.8) is 0 Å². The molecule has 0 aliphatic carbocycles. The lowest BCUT2D eigenvalue weighted by atomic mass is 10.1. The summed E-state index contributed by atoms with van der Waals surface area (Å²) in [5.41, 5.74) is 7.04. The van der Waals surface area contributed by atoms with Crippen molar-refractivity contribution in [1.29, 1.82) is 0 Å². The fourth-order valence-corrected chi connectivity index (χ4v) is 3.39. The van der Waals surface area contributed by atoms with Crippen molar-refractivity contribution < 1.29 is 4.39 Å². The Kier molecular flexibility index (Phi) is 8.71. The molecule has 0 bridgehead atoms. The molecule has 150 valence electrons. The average Bonchev–Trinajstić information content (AvgIpc) is 3.04. The first kappa shape index (κ1) is 21.3. The Morgan fingerprint density at radius 1 is 1.44 bits per heavy atom. The fourth-order valence-electron chi connectivity index (χ4n) is 3.39. The van der Waals surface area contributed by atoms with Crippen LogP contribution in [0.15, 0.2) is 52.3 Å². The monoisotopic (exact) mass is 376 g/mol. The van der Waals surface area contributed by atoms with Crippen molar-refractivity contribution >= 4 is 6.21 Å². The zero-order valence-corrected chi connectivity index (χ0v) is 16.9. The van der Waals surface area contributed by atoms with Crippen LogP contribution in [-0.4, -0.2) is 82.2 Å². The number of nitrogens with one attached hydrogen (secondary N) is 3. The van der Waals surface area contributed by atoms with Crippen molar-refractivity contribution in [1.82, 2.24) is 26.0 Å². The van der Waals surface area contributed by atoms with Crippen molar-refractivity contribution in [3.05, 3.63) is 47.3 Å². The van der Waals surface area contributed by atoms with Gasteiger partial charge in [0.2, 0.25) is 0 Å². The number of fused-ring (bicyclic) bond motifs is 1. The van der Waals surface area contributed by atoms with Gasteiger partial charge in [0.25, 0.3) is 0 Å². The largest absolute Gasteiger partial charge is 0.394 e. The van der Waals surface area contributed by atoms with Gasteiger partial charge in [0.15, 0.2) is 0 Å². The summed E-state index contributed by atoms with van der Waals surface area (Å²) in [6, 6.07) is -0.0469. The topological polar surface area (TPSA) is 54.9 Å². The predicted octanol–water partition coefficient (Wildman–Crippen LogP) is 1.24. The normalized spacial score (nSPS) is 23.2. The summed E-state index contributed by atoms with van der Waals surface area (Å²) in [7, 11) is 5.42. The van der Waals surface area contributed by atoms with Crippen LogP contribution in [0.3, 0.4) is 0 Å². The first-order valence-electron chi connectivity index (χ1n) is 9.44. The first-order chi connectivity index (χ1) is 13.1. The first-order valence-corrected chi connectivity index (χ1v) is 9.44. The lowest BCUT2D eigenvalue weighted by Gasteiger charge is -2.36. The van der Waals surface area contributed by atoms with Gasteiger partial charge in [-0.1, -0.05) is 17.7 Å². The number of nitrogens with zero attached hydrogens (tertiary/aromatic N) is 3. The second-order valence-electron chi connectivity index (χ2n) is 6.86. The number of allylic oxidation sites excluding steroid dienone is 3. The number of hydrogen-bond acceptors (Lipinski definition) is 6. The van der Waals surface area contributed by atoms with Gasteiger partial charge in [-0.2, -0.15) is 0 Å². The molecule has 2 unspecified atom stereocenters. The van der Waals surface area contributed by atoms with Gasteiger partial charge in [-0.05, 0) is 37.9 Å². The van der Waals surface area contributed by atoms with Gasteiger partial charge < -0.3 is 15.6 Å². The highest BCUT2D eigenvalue weighted by molar-refractivity contribution is 5.71. The molecule has 0 aromatic heterocycles. The van der Waals surface area contributed by atoms with Crippen molar-refractivity contribution in [2.24, 2.45) is 4.99 Å². The Labute approximate surface area is 162 Å². The van der Waals surface area contributed by atoms with E-state index in [4.69, 9.17) is 0 Å². The highest BCUT2D eigenvalue weighted by atomic mass is 19.1. The van der Waals surface area contributed by atoms with Crippen LogP contribution in [0, 0.1) is 0 Å². The van der Waals surface area contributed by atoms with E-state index in [1.54, 1.807) is 20.3 Å². The molecule has 3 N–H and O–H groups in total. The molecule has 2 aliphatic rings. The average molecular weight is 377 g/mol. The maximum atomic E-state index is 13.3. The van der Waals surface area contributed by atoms with Crippen molar-refractivity contribution in [2.45, 2.75) is 19.0 Å². The molecule has 0 radical (unpaired) electrons. The minimum absolute atomic E-state index is 0.200. The standard InChI is InChI=1S/C20H33FN6/c1-16(6-5-7-22-2)10-18-11-19-15-26(8-9-27(19)25-18)14-17(13-23-3)20(12-21)24-4/h5-7,10-11,13,18,20,23-25H,8-9,12,14-15H2,1-4H3/b6-5-,16-10+,17-13-,22-7?. The molecule has 7 heteroatoms. The van der Waals surface area contributed by atoms with Crippen LogP contribution in [0.5, 0.6) is 0 Å². The molecule has 0 aromatic carbocycles. The molecule has 2 atom stereocenters. The van der Waals surface area contributed by atoms with Crippen LogP contribution in [0.25, 0.3) is 0 Å². The maximum absolute atomic E-state index is 13.3. The maximum Gasteiger partial charge on any atom is 0.109 e. The third-order valence-corrected chi connectivity index (χ3v) is 4.77. The van der Waals surface area contributed by atoms with E-state index in [0.717, 1.165) is 31.8 Å². The zero-order chi connectivity index (χ0) is 19.6. The van der Waals surface area contributed by atoms with Crippen LogP contribution in [-0.2, 0) is 0 Å². The Morgan fingerprint density at radius 2 is 2.26 bits per heavy atom. The second kappa shape index (κ2) is 11.0. The summed E-state index contributed by atoms with van der Waals surface area (Å²) in [4.78, 5) is 6.32. The van der Waals surface area contributed by atoms with E-state index < -0.39 is 6.67 Å². The number of piperazine rings is 1. The van der Waals surface area contributed by atoms with E-state index >= 15 is 0 Å². The van der Waals surface area contributed by atoms with E-state index in [-0.39, 0.29) is 12.1 Å².